The predicted molar refractivity (Wildman–Crippen MR) is 85.7 cm³/mol. The van der Waals surface area contributed by atoms with Gasteiger partial charge in [-0.25, -0.2) is 0 Å². The second-order valence-electron chi connectivity index (χ2n) is 6.27. The summed E-state index contributed by atoms with van der Waals surface area (Å²) in [7, 11) is 0. The number of nitrogens with zero attached hydrogens (tertiary/aromatic N) is 3. The second-order valence-corrected chi connectivity index (χ2v) is 6.27. The molecule has 2 aliphatic rings. The number of aromatic nitrogens is 2. The SMILES string of the molecule is c1ccc(-c2ccc(O[C@@H]3CCN4CCCC3C4)nn2)cc1. The van der Waals surface area contributed by atoms with Crippen LogP contribution in [0.2, 0.25) is 0 Å². The molecule has 22 heavy (non-hydrogen) atoms. The van der Waals surface area contributed by atoms with Gasteiger partial charge in [-0.05, 0) is 31.9 Å². The summed E-state index contributed by atoms with van der Waals surface area (Å²) < 4.78 is 6.13. The highest BCUT2D eigenvalue weighted by molar-refractivity contribution is 5.58. The maximum atomic E-state index is 6.13. The highest BCUT2D eigenvalue weighted by atomic mass is 16.5. The minimum atomic E-state index is 0.299. The zero-order valence-electron chi connectivity index (χ0n) is 12.7. The lowest BCUT2D eigenvalue weighted by Crippen LogP contribution is -2.49. The Morgan fingerprint density at radius 1 is 0.955 bits per heavy atom. The van der Waals surface area contributed by atoms with Crippen molar-refractivity contribution in [3.8, 4) is 17.1 Å². The number of fused-ring (bicyclic) bond motifs is 2. The Hall–Kier alpha value is -1.94. The summed E-state index contributed by atoms with van der Waals surface area (Å²) in [5, 5.41) is 8.58. The van der Waals surface area contributed by atoms with E-state index >= 15 is 0 Å². The van der Waals surface area contributed by atoms with Gasteiger partial charge in [-0.15, -0.1) is 10.2 Å². The zero-order chi connectivity index (χ0) is 14.8. The number of rotatable bonds is 3. The van der Waals surface area contributed by atoms with Crippen molar-refractivity contribution >= 4 is 0 Å². The topological polar surface area (TPSA) is 38.2 Å². The maximum absolute atomic E-state index is 6.13. The fourth-order valence-electron chi connectivity index (χ4n) is 3.60. The van der Waals surface area contributed by atoms with E-state index in [9.17, 15) is 0 Å². The first-order valence-electron chi connectivity index (χ1n) is 8.17. The van der Waals surface area contributed by atoms with Gasteiger partial charge in [0.15, 0.2) is 0 Å². The van der Waals surface area contributed by atoms with E-state index in [2.05, 4.69) is 15.1 Å². The van der Waals surface area contributed by atoms with Crippen LogP contribution in [0.3, 0.4) is 0 Å². The number of hydrogen-bond donors (Lipinski definition) is 0. The average Bonchev–Trinajstić information content (AvgIpc) is 2.59. The molecule has 0 spiro atoms. The molecule has 114 valence electrons. The molecule has 4 heteroatoms. The molecule has 0 saturated carbocycles. The number of benzene rings is 1. The summed E-state index contributed by atoms with van der Waals surface area (Å²) in [6.45, 7) is 3.59. The standard InChI is InChI=1S/C18H21N3O/c1-2-5-14(6-3-1)16-8-9-18(20-19-16)22-17-10-12-21-11-4-7-15(17)13-21/h1-3,5-6,8-9,15,17H,4,7,10-13H2/t15?,17-/m1/s1. The molecule has 1 aromatic carbocycles. The van der Waals surface area contributed by atoms with Crippen molar-refractivity contribution in [2.24, 2.45) is 5.92 Å². The van der Waals surface area contributed by atoms with Crippen LogP contribution in [0.1, 0.15) is 19.3 Å². The van der Waals surface area contributed by atoms with Crippen molar-refractivity contribution in [1.82, 2.24) is 15.1 Å². The molecule has 0 amide bonds. The van der Waals surface area contributed by atoms with Gasteiger partial charge in [-0.3, -0.25) is 0 Å². The molecular weight excluding hydrogens is 274 g/mol. The van der Waals surface area contributed by atoms with E-state index in [4.69, 9.17) is 4.74 Å². The number of piperidine rings is 2. The molecule has 2 aromatic rings. The maximum Gasteiger partial charge on any atom is 0.233 e. The van der Waals surface area contributed by atoms with Crippen LogP contribution in [-0.2, 0) is 0 Å². The fourth-order valence-corrected chi connectivity index (χ4v) is 3.60. The van der Waals surface area contributed by atoms with Gasteiger partial charge < -0.3 is 9.64 Å². The molecule has 0 radical (unpaired) electrons. The van der Waals surface area contributed by atoms with Crippen molar-refractivity contribution in [1.29, 1.82) is 0 Å². The van der Waals surface area contributed by atoms with Gasteiger partial charge in [-0.1, -0.05) is 30.3 Å². The zero-order valence-corrected chi connectivity index (χ0v) is 12.7. The summed E-state index contributed by atoms with van der Waals surface area (Å²) in [6.07, 6.45) is 3.97. The average molecular weight is 295 g/mol. The monoisotopic (exact) mass is 295 g/mol. The molecule has 3 atom stereocenters. The summed E-state index contributed by atoms with van der Waals surface area (Å²) >= 11 is 0. The Labute approximate surface area is 131 Å². The van der Waals surface area contributed by atoms with Crippen LogP contribution in [0.15, 0.2) is 42.5 Å². The first-order valence-corrected chi connectivity index (χ1v) is 8.17. The van der Waals surface area contributed by atoms with Gasteiger partial charge in [0.2, 0.25) is 5.88 Å². The summed E-state index contributed by atoms with van der Waals surface area (Å²) in [5.41, 5.74) is 1.97. The summed E-state index contributed by atoms with van der Waals surface area (Å²) in [4.78, 5) is 2.55. The normalized spacial score (nSPS) is 27.4. The third kappa shape index (κ3) is 2.83. The van der Waals surface area contributed by atoms with Crippen molar-refractivity contribution in [3.63, 3.8) is 0 Å². The molecular formula is C18H21N3O. The Balaban J connectivity index is 1.45. The third-order valence-corrected chi connectivity index (χ3v) is 4.78. The molecule has 0 aliphatic carbocycles. The molecule has 2 bridgehead atoms. The predicted octanol–water partition coefficient (Wildman–Crippen LogP) is 3.01. The van der Waals surface area contributed by atoms with E-state index in [1.165, 1.54) is 25.9 Å². The number of ether oxygens (including phenoxy) is 1. The molecule has 2 aliphatic heterocycles. The summed E-state index contributed by atoms with van der Waals surface area (Å²) in [5.74, 6) is 1.31. The van der Waals surface area contributed by atoms with Crippen LogP contribution in [-0.4, -0.2) is 40.8 Å². The Morgan fingerprint density at radius 3 is 2.68 bits per heavy atom. The molecule has 2 unspecified atom stereocenters. The molecule has 1 aromatic heterocycles. The third-order valence-electron chi connectivity index (χ3n) is 4.78. The van der Waals surface area contributed by atoms with Gasteiger partial charge in [-0.2, -0.15) is 0 Å². The first kappa shape index (κ1) is 13.7. The largest absolute Gasteiger partial charge is 0.473 e. The van der Waals surface area contributed by atoms with E-state index in [1.54, 1.807) is 0 Å². The molecule has 2 saturated heterocycles. The first-order chi connectivity index (χ1) is 10.9. The fraction of sp³-hybridized carbons (Fsp3) is 0.444. The highest BCUT2D eigenvalue weighted by Gasteiger charge is 2.33. The van der Waals surface area contributed by atoms with Gasteiger partial charge >= 0.3 is 0 Å². The molecule has 2 fully saturated rings. The molecule has 3 heterocycles. The van der Waals surface area contributed by atoms with Crippen molar-refractivity contribution in [2.75, 3.05) is 19.6 Å². The lowest BCUT2D eigenvalue weighted by atomic mass is 9.87. The molecule has 4 nitrogen and oxygen atoms in total. The van der Waals surface area contributed by atoms with E-state index < -0.39 is 0 Å². The lowest BCUT2D eigenvalue weighted by molar-refractivity contribution is 0.0123. The van der Waals surface area contributed by atoms with E-state index in [1.807, 2.05) is 42.5 Å². The lowest BCUT2D eigenvalue weighted by Gasteiger charge is -2.42. The van der Waals surface area contributed by atoms with Gasteiger partial charge in [0, 0.05) is 30.6 Å². The van der Waals surface area contributed by atoms with E-state index in [-0.39, 0.29) is 0 Å². The highest BCUT2D eigenvalue weighted by Crippen LogP contribution is 2.29. The van der Waals surface area contributed by atoms with E-state index in [0.717, 1.165) is 24.2 Å². The molecule has 4 rings (SSSR count). The van der Waals surface area contributed by atoms with Gasteiger partial charge in [0.05, 0.1) is 5.69 Å². The van der Waals surface area contributed by atoms with Crippen LogP contribution in [0.5, 0.6) is 5.88 Å². The van der Waals surface area contributed by atoms with Crippen LogP contribution < -0.4 is 4.74 Å². The van der Waals surface area contributed by atoms with Crippen LogP contribution in [0, 0.1) is 5.92 Å². The van der Waals surface area contributed by atoms with Crippen LogP contribution in [0.4, 0.5) is 0 Å². The molecule has 0 N–H and O–H groups in total. The van der Waals surface area contributed by atoms with Crippen molar-refractivity contribution in [2.45, 2.75) is 25.4 Å². The Bertz CT molecular complexity index is 614. The second kappa shape index (κ2) is 6.05. The minimum Gasteiger partial charge on any atom is -0.473 e. The van der Waals surface area contributed by atoms with Crippen LogP contribution >= 0.6 is 0 Å². The minimum absolute atomic E-state index is 0.299. The van der Waals surface area contributed by atoms with E-state index in [0.29, 0.717) is 17.9 Å². The smallest absolute Gasteiger partial charge is 0.233 e. The number of hydrogen-bond acceptors (Lipinski definition) is 4. The quantitative estimate of drug-likeness (QED) is 0.872. The van der Waals surface area contributed by atoms with Crippen molar-refractivity contribution in [3.05, 3.63) is 42.5 Å². The van der Waals surface area contributed by atoms with Crippen LogP contribution in [0.25, 0.3) is 11.3 Å². The Kier molecular flexibility index (Phi) is 3.77. The summed E-state index contributed by atoms with van der Waals surface area (Å²) in [6, 6.07) is 14.1. The van der Waals surface area contributed by atoms with Crippen molar-refractivity contribution < 1.29 is 4.74 Å². The Morgan fingerprint density at radius 2 is 1.86 bits per heavy atom. The van der Waals surface area contributed by atoms with Gasteiger partial charge in [0.1, 0.15) is 6.10 Å². The van der Waals surface area contributed by atoms with Gasteiger partial charge in [0.25, 0.3) is 0 Å².